The summed E-state index contributed by atoms with van der Waals surface area (Å²) in [4.78, 5) is 60.5. The second-order valence-electron chi connectivity index (χ2n) is 12.4. The molecular weight excluding hydrogens is 540 g/mol. The molecule has 0 N–H and O–H groups in total. The summed E-state index contributed by atoms with van der Waals surface area (Å²) in [5.41, 5.74) is 3.06. The van der Waals surface area contributed by atoms with E-state index < -0.39 is 5.41 Å². The lowest BCUT2D eigenvalue weighted by atomic mass is 9.78. The van der Waals surface area contributed by atoms with E-state index in [0.717, 1.165) is 49.7 Å². The average molecular weight is 593 g/mol. The molecule has 0 unspecified atom stereocenters. The third-order valence-corrected chi connectivity index (χ3v) is 7.50. The normalized spacial score (nSPS) is 11.1. The number of carbonyl (C=O) groups is 5. The van der Waals surface area contributed by atoms with Crippen molar-refractivity contribution in [1.82, 2.24) is 0 Å². The first-order valence-electron chi connectivity index (χ1n) is 15.6. The van der Waals surface area contributed by atoms with E-state index in [0.29, 0.717) is 61.7 Å². The minimum Gasteiger partial charge on any atom is -0.466 e. The van der Waals surface area contributed by atoms with E-state index >= 15 is 0 Å². The number of ether oxygens (including phenoxy) is 1. The first kappa shape index (κ1) is 37.6. The van der Waals surface area contributed by atoms with E-state index in [1.807, 2.05) is 38.1 Å². The third kappa shape index (κ3) is 16.1. The van der Waals surface area contributed by atoms with Gasteiger partial charge in [-0.2, -0.15) is 0 Å². The van der Waals surface area contributed by atoms with Crippen LogP contribution in [0.2, 0.25) is 0 Å². The van der Waals surface area contributed by atoms with Gasteiger partial charge in [0, 0.05) is 43.1 Å². The van der Waals surface area contributed by atoms with E-state index in [1.54, 1.807) is 13.8 Å². The Morgan fingerprint density at radius 2 is 1.21 bits per heavy atom. The number of rotatable bonds is 24. The molecule has 0 aromatic heterocycles. The number of aryl methyl sites for hydroxylation is 1. The largest absolute Gasteiger partial charge is 0.466 e. The monoisotopic (exact) mass is 592 g/mol. The molecule has 0 bridgehead atoms. The van der Waals surface area contributed by atoms with E-state index in [2.05, 4.69) is 19.7 Å². The van der Waals surface area contributed by atoms with Gasteiger partial charge in [-0.05, 0) is 81.9 Å². The molecule has 0 fully saturated rings. The lowest BCUT2D eigenvalue weighted by Gasteiger charge is -2.24. The van der Waals surface area contributed by atoms with Crippen LogP contribution >= 0.6 is 0 Å². The van der Waals surface area contributed by atoms with E-state index in [9.17, 15) is 24.0 Å². The number of ketones is 4. The fourth-order valence-electron chi connectivity index (χ4n) is 4.76. The predicted molar refractivity (Wildman–Crippen MR) is 173 cm³/mol. The van der Waals surface area contributed by atoms with Crippen LogP contribution in [-0.4, -0.2) is 35.7 Å². The van der Waals surface area contributed by atoms with Crippen molar-refractivity contribution in [1.29, 1.82) is 0 Å². The summed E-state index contributed by atoms with van der Waals surface area (Å²) in [5, 5.41) is 0. The highest BCUT2D eigenvalue weighted by Gasteiger charge is 2.29. The van der Waals surface area contributed by atoms with Crippen LogP contribution in [0.1, 0.15) is 127 Å². The van der Waals surface area contributed by atoms with Gasteiger partial charge in [0.2, 0.25) is 0 Å². The van der Waals surface area contributed by atoms with Crippen LogP contribution in [0.25, 0.3) is 0 Å². The van der Waals surface area contributed by atoms with Crippen molar-refractivity contribution in [2.45, 2.75) is 118 Å². The predicted octanol–water partition coefficient (Wildman–Crippen LogP) is 8.47. The lowest BCUT2D eigenvalue weighted by molar-refractivity contribution is -0.144. The van der Waals surface area contributed by atoms with Crippen LogP contribution in [0, 0.1) is 5.41 Å². The van der Waals surface area contributed by atoms with Crippen LogP contribution in [0.5, 0.6) is 0 Å². The van der Waals surface area contributed by atoms with Gasteiger partial charge in [-0.15, -0.1) is 0 Å². The molecule has 43 heavy (non-hydrogen) atoms. The molecule has 0 saturated heterocycles. The molecule has 0 aliphatic rings. The van der Waals surface area contributed by atoms with Gasteiger partial charge in [0.1, 0.15) is 5.78 Å². The number of unbranched alkanes of at least 4 members (excludes halogenated alkanes) is 3. The third-order valence-electron chi connectivity index (χ3n) is 7.50. The molecule has 0 aliphatic carbocycles. The molecule has 0 spiro atoms. The Bertz CT molecular complexity index is 1150. The van der Waals surface area contributed by atoms with Crippen molar-refractivity contribution in [2.24, 2.45) is 5.41 Å². The molecule has 1 aromatic carbocycles. The zero-order valence-electron chi connectivity index (χ0n) is 27.0. The number of hydrogen-bond donors (Lipinski definition) is 0. The van der Waals surface area contributed by atoms with Gasteiger partial charge in [0.15, 0.2) is 17.3 Å². The maximum atomic E-state index is 13.2. The Labute approximate surface area is 259 Å². The molecule has 0 aliphatic heterocycles. The van der Waals surface area contributed by atoms with Crippen LogP contribution in [0.4, 0.5) is 0 Å². The van der Waals surface area contributed by atoms with Gasteiger partial charge < -0.3 is 4.74 Å². The lowest BCUT2D eigenvalue weighted by Crippen LogP contribution is -2.25. The molecule has 1 rings (SSSR count). The maximum absolute atomic E-state index is 13.2. The Kier molecular flexibility index (Phi) is 17.2. The zero-order valence-corrected chi connectivity index (χ0v) is 27.0. The summed E-state index contributed by atoms with van der Waals surface area (Å²) in [6, 6.07) is 7.74. The quantitative estimate of drug-likeness (QED) is 0.0393. The van der Waals surface area contributed by atoms with Gasteiger partial charge in [0.05, 0.1) is 6.61 Å². The Morgan fingerprint density at radius 3 is 1.79 bits per heavy atom. The molecule has 1 aromatic rings. The summed E-state index contributed by atoms with van der Waals surface area (Å²) in [6.45, 7) is 18.7. The highest BCUT2D eigenvalue weighted by molar-refractivity contribution is 6.00. The van der Waals surface area contributed by atoms with Crippen molar-refractivity contribution >= 4 is 29.1 Å². The minimum absolute atomic E-state index is 0.0236. The molecule has 6 nitrogen and oxygen atoms in total. The number of Topliss-reactive ketones (excluding diaryl/α,β-unsaturated/α-hetero) is 4. The standard InChI is InChI=1S/C37H52O6/c1-27(2)33(39)17-12-11-16-32(38)15-10-8-9-14-30-20-22-31(23-21-30)36(42)37(6,7)26-29(5)19-24-35(41)43-25-13-18-34(40)28(3)4/h20-23H,1,3,5,8-19,24-26H2,2,4,6-7H3. The Morgan fingerprint density at radius 1 is 0.674 bits per heavy atom. The topological polar surface area (TPSA) is 94.6 Å². The number of benzene rings is 1. The summed E-state index contributed by atoms with van der Waals surface area (Å²) < 4.78 is 5.21. The highest BCUT2D eigenvalue weighted by Crippen LogP contribution is 2.31. The molecule has 0 radical (unpaired) electrons. The van der Waals surface area contributed by atoms with Crippen molar-refractivity contribution in [3.63, 3.8) is 0 Å². The van der Waals surface area contributed by atoms with Gasteiger partial charge in [-0.3, -0.25) is 24.0 Å². The van der Waals surface area contributed by atoms with Gasteiger partial charge in [-0.1, -0.05) is 69.8 Å². The Balaban J connectivity index is 2.32. The number of hydrogen-bond acceptors (Lipinski definition) is 6. The average Bonchev–Trinajstić information content (AvgIpc) is 2.95. The summed E-state index contributed by atoms with van der Waals surface area (Å²) >= 11 is 0. The van der Waals surface area contributed by atoms with E-state index in [1.165, 1.54) is 0 Å². The van der Waals surface area contributed by atoms with Gasteiger partial charge in [-0.25, -0.2) is 0 Å². The zero-order chi connectivity index (χ0) is 32.4. The van der Waals surface area contributed by atoms with Gasteiger partial charge >= 0.3 is 5.97 Å². The Hall–Kier alpha value is -3.41. The van der Waals surface area contributed by atoms with Crippen molar-refractivity contribution in [2.75, 3.05) is 6.61 Å². The SMILES string of the molecule is C=C(CCC(=O)OCCCC(=O)C(=C)C)CC(C)(C)C(=O)c1ccc(CCCCCC(=O)CCCCC(=O)C(=C)C)cc1. The van der Waals surface area contributed by atoms with Crippen LogP contribution in [0.15, 0.2) is 60.7 Å². The second kappa shape index (κ2) is 19.7. The molecular formula is C37H52O6. The van der Waals surface area contributed by atoms with Crippen molar-refractivity contribution < 1.29 is 28.7 Å². The molecule has 236 valence electrons. The van der Waals surface area contributed by atoms with Gasteiger partial charge in [0.25, 0.3) is 0 Å². The van der Waals surface area contributed by atoms with Crippen molar-refractivity contribution in [3.05, 3.63) is 71.8 Å². The number of allylic oxidation sites excluding steroid dienone is 3. The second-order valence-corrected chi connectivity index (χ2v) is 12.4. The highest BCUT2D eigenvalue weighted by atomic mass is 16.5. The molecule has 0 atom stereocenters. The number of esters is 1. The fourth-order valence-corrected chi connectivity index (χ4v) is 4.76. The van der Waals surface area contributed by atoms with E-state index in [4.69, 9.17) is 4.74 Å². The van der Waals surface area contributed by atoms with Crippen molar-refractivity contribution in [3.8, 4) is 0 Å². The number of carbonyl (C=O) groups excluding carboxylic acids is 5. The van der Waals surface area contributed by atoms with Crippen LogP contribution in [0.3, 0.4) is 0 Å². The fraction of sp³-hybridized carbons (Fsp3) is 0.541. The molecule has 0 amide bonds. The molecule has 0 heterocycles. The molecule has 6 heteroatoms. The maximum Gasteiger partial charge on any atom is 0.306 e. The smallest absolute Gasteiger partial charge is 0.306 e. The first-order valence-corrected chi connectivity index (χ1v) is 15.6. The first-order chi connectivity index (χ1) is 20.2. The van der Waals surface area contributed by atoms with E-state index in [-0.39, 0.29) is 42.1 Å². The minimum atomic E-state index is -0.655. The summed E-state index contributed by atoms with van der Waals surface area (Å²) in [7, 11) is 0. The summed E-state index contributed by atoms with van der Waals surface area (Å²) in [5.74, 6) is 0.0180. The van der Waals surface area contributed by atoms with Crippen LogP contribution < -0.4 is 0 Å². The molecule has 0 saturated carbocycles. The van der Waals surface area contributed by atoms with Crippen LogP contribution in [-0.2, 0) is 30.3 Å². The summed E-state index contributed by atoms with van der Waals surface area (Å²) in [6.07, 6.45) is 8.70.